The molecule has 2 aliphatic rings. The summed E-state index contributed by atoms with van der Waals surface area (Å²) in [5.41, 5.74) is 12.0. The van der Waals surface area contributed by atoms with Crippen LogP contribution in [0.4, 0.5) is 0 Å². The van der Waals surface area contributed by atoms with E-state index in [9.17, 15) is 0 Å². The zero-order chi connectivity index (χ0) is 19.4. The van der Waals surface area contributed by atoms with Crippen molar-refractivity contribution in [1.29, 1.82) is 0 Å². The van der Waals surface area contributed by atoms with Crippen molar-refractivity contribution in [3.63, 3.8) is 0 Å². The molecule has 0 aliphatic heterocycles. The van der Waals surface area contributed by atoms with Crippen LogP contribution in [0, 0.1) is 0 Å². The molecule has 0 spiro atoms. The molecule has 0 saturated heterocycles. The van der Waals surface area contributed by atoms with Crippen molar-refractivity contribution in [1.82, 2.24) is 0 Å². The van der Waals surface area contributed by atoms with Gasteiger partial charge in [-0.3, -0.25) is 0 Å². The predicted octanol–water partition coefficient (Wildman–Crippen LogP) is 6.97. The number of fused-ring (bicyclic) bond motifs is 6. The van der Waals surface area contributed by atoms with Crippen molar-refractivity contribution >= 4 is 3.71 Å². The Hall–Kier alpha value is -2.37. The third-order valence-electron chi connectivity index (χ3n) is 6.67. The standard InChI is InChI=1S/2C13H9.C2H4.Zr/c2*1-3-7-12-10(5-1)9-11-6-2-4-8-13(11)12;1-2;/h2*1-9H;1H,2H3;. The molecule has 1 heteroatoms. The summed E-state index contributed by atoms with van der Waals surface area (Å²) in [5.74, 6) is 0. The Kier molecular flexibility index (Phi) is 4.13. The van der Waals surface area contributed by atoms with Crippen LogP contribution in [0.25, 0.3) is 22.3 Å². The molecule has 0 bridgehead atoms. The minimum absolute atomic E-state index is 0.582. The van der Waals surface area contributed by atoms with E-state index < -0.39 is 21.3 Å². The Morgan fingerprint density at radius 1 is 0.483 bits per heavy atom. The first-order chi connectivity index (χ1) is 14.4. The Balaban J connectivity index is 1.60. The summed E-state index contributed by atoms with van der Waals surface area (Å²) < 4.78 is 3.81. The third kappa shape index (κ3) is 2.50. The minimum atomic E-state index is -2.14. The summed E-state index contributed by atoms with van der Waals surface area (Å²) in [4.78, 5) is 0. The fourth-order valence-corrected chi connectivity index (χ4v) is 14.0. The number of hydrogen-bond acceptors (Lipinski definition) is 0. The van der Waals surface area contributed by atoms with Crippen LogP contribution in [0.1, 0.15) is 36.4 Å². The molecule has 0 heterocycles. The first-order valence-electron chi connectivity index (χ1n) is 10.4. The van der Waals surface area contributed by atoms with Gasteiger partial charge in [0.25, 0.3) is 0 Å². The van der Waals surface area contributed by atoms with Gasteiger partial charge in [-0.25, -0.2) is 0 Å². The van der Waals surface area contributed by atoms with Crippen LogP contribution in [0.2, 0.25) is 0 Å². The van der Waals surface area contributed by atoms with Crippen molar-refractivity contribution in [3.05, 3.63) is 119 Å². The van der Waals surface area contributed by atoms with E-state index in [-0.39, 0.29) is 0 Å². The summed E-state index contributed by atoms with van der Waals surface area (Å²) in [6, 6.07) is 36.5. The molecule has 0 nitrogen and oxygen atoms in total. The molecule has 0 fully saturated rings. The van der Waals surface area contributed by atoms with Gasteiger partial charge in [0.1, 0.15) is 0 Å². The molecular weight excluding hydrogens is 428 g/mol. The quantitative estimate of drug-likeness (QED) is 0.310. The molecule has 0 saturated carbocycles. The monoisotopic (exact) mass is 448 g/mol. The van der Waals surface area contributed by atoms with Crippen molar-refractivity contribution in [2.24, 2.45) is 0 Å². The van der Waals surface area contributed by atoms with Gasteiger partial charge in [0.2, 0.25) is 0 Å². The fraction of sp³-hybridized carbons (Fsp3) is 0.107. The van der Waals surface area contributed by atoms with Crippen LogP contribution in [-0.4, -0.2) is 3.71 Å². The molecule has 29 heavy (non-hydrogen) atoms. The van der Waals surface area contributed by atoms with Gasteiger partial charge >= 0.3 is 181 Å². The van der Waals surface area contributed by atoms with Gasteiger partial charge in [0.15, 0.2) is 0 Å². The Labute approximate surface area is 180 Å². The molecule has 0 N–H and O–H groups in total. The molecule has 138 valence electrons. The van der Waals surface area contributed by atoms with Crippen LogP contribution in [0.5, 0.6) is 0 Å². The van der Waals surface area contributed by atoms with E-state index in [1.54, 1.807) is 22.3 Å². The Morgan fingerprint density at radius 3 is 1.03 bits per heavy atom. The second-order valence-electron chi connectivity index (χ2n) is 8.00. The van der Waals surface area contributed by atoms with Gasteiger partial charge in [-0.05, 0) is 0 Å². The molecular formula is C28H22Zr. The van der Waals surface area contributed by atoms with Crippen LogP contribution in [-0.2, 0) is 21.3 Å². The zero-order valence-corrected chi connectivity index (χ0v) is 18.9. The van der Waals surface area contributed by atoms with E-state index in [1.807, 2.05) is 0 Å². The van der Waals surface area contributed by atoms with Crippen molar-refractivity contribution < 1.29 is 21.3 Å². The Morgan fingerprint density at radius 2 is 0.759 bits per heavy atom. The fourth-order valence-electron chi connectivity index (χ4n) is 5.53. The maximum atomic E-state index is 2.65. The first-order valence-corrected chi connectivity index (χ1v) is 14.7. The maximum absolute atomic E-state index is 2.65. The number of hydrogen-bond donors (Lipinski definition) is 0. The van der Waals surface area contributed by atoms with Crippen molar-refractivity contribution in [3.8, 4) is 22.3 Å². The molecule has 0 aromatic heterocycles. The zero-order valence-electron chi connectivity index (χ0n) is 16.5. The Bertz CT molecular complexity index is 1090. The average Bonchev–Trinajstić information content (AvgIpc) is 3.29. The normalized spacial score (nSPS) is 14.1. The van der Waals surface area contributed by atoms with Crippen molar-refractivity contribution in [2.45, 2.75) is 14.2 Å². The second kappa shape index (κ2) is 6.86. The SMILES string of the molecule is C[CH]=[Zr]([CH]1c2ccccc2-c2ccccc21)[CH]1c2ccccc2-c2ccccc21. The summed E-state index contributed by atoms with van der Waals surface area (Å²) in [7, 11) is 0. The van der Waals surface area contributed by atoms with Gasteiger partial charge in [0.05, 0.1) is 0 Å². The molecule has 4 aromatic rings. The average molecular weight is 450 g/mol. The molecule has 6 rings (SSSR count). The van der Waals surface area contributed by atoms with Gasteiger partial charge < -0.3 is 0 Å². The van der Waals surface area contributed by atoms with E-state index in [2.05, 4.69) is 108 Å². The van der Waals surface area contributed by atoms with E-state index in [0.29, 0.717) is 7.25 Å². The molecule has 0 atom stereocenters. The summed E-state index contributed by atoms with van der Waals surface area (Å²) in [6.07, 6.45) is 0. The van der Waals surface area contributed by atoms with Crippen molar-refractivity contribution in [2.75, 3.05) is 0 Å². The van der Waals surface area contributed by atoms with Gasteiger partial charge in [-0.15, -0.1) is 0 Å². The summed E-state index contributed by atoms with van der Waals surface area (Å²) >= 11 is -2.14. The van der Waals surface area contributed by atoms with E-state index in [1.165, 1.54) is 22.3 Å². The second-order valence-corrected chi connectivity index (χ2v) is 14.7. The van der Waals surface area contributed by atoms with Gasteiger partial charge in [-0.1, -0.05) is 0 Å². The number of rotatable bonds is 2. The number of benzene rings is 4. The summed E-state index contributed by atoms with van der Waals surface area (Å²) in [5, 5.41) is 0. The molecule has 4 aromatic carbocycles. The van der Waals surface area contributed by atoms with Crippen LogP contribution < -0.4 is 0 Å². The predicted molar refractivity (Wildman–Crippen MR) is 119 cm³/mol. The molecule has 0 radical (unpaired) electrons. The summed E-state index contributed by atoms with van der Waals surface area (Å²) in [6.45, 7) is 2.34. The molecule has 0 unspecified atom stereocenters. The van der Waals surface area contributed by atoms with Crippen LogP contribution in [0.15, 0.2) is 97.1 Å². The van der Waals surface area contributed by atoms with E-state index in [0.717, 1.165) is 0 Å². The molecule has 0 amide bonds. The first kappa shape index (κ1) is 17.5. The van der Waals surface area contributed by atoms with Gasteiger partial charge in [0, 0.05) is 0 Å². The van der Waals surface area contributed by atoms with Crippen LogP contribution in [0.3, 0.4) is 0 Å². The van der Waals surface area contributed by atoms with E-state index in [4.69, 9.17) is 0 Å². The topological polar surface area (TPSA) is 0 Å². The third-order valence-corrected chi connectivity index (χ3v) is 14.6. The molecule has 2 aliphatic carbocycles. The van der Waals surface area contributed by atoms with Crippen LogP contribution >= 0.6 is 0 Å². The van der Waals surface area contributed by atoms with E-state index >= 15 is 0 Å². The van der Waals surface area contributed by atoms with Gasteiger partial charge in [-0.2, -0.15) is 0 Å².